The first-order valence-electron chi connectivity index (χ1n) is 0.783. The molecule has 0 unspecified atom stereocenters. The molecule has 0 aromatic carbocycles. The smallest absolute Gasteiger partial charge is 1.00 e. The van der Waals surface area contributed by atoms with Crippen molar-refractivity contribution < 1.29 is 38.5 Å². The fourth-order valence-corrected chi connectivity index (χ4v) is 0. The van der Waals surface area contributed by atoms with Crippen LogP contribution in [0.4, 0.5) is 0 Å². The minimum Gasteiger partial charge on any atom is -1.00 e. The van der Waals surface area contributed by atoms with Gasteiger partial charge in [0.05, 0.1) is 0 Å². The Morgan fingerprint density at radius 3 is 1.00 bits per heavy atom. The van der Waals surface area contributed by atoms with Crippen LogP contribution >= 0.6 is 7.82 Å². The molecule has 0 aromatic rings. The van der Waals surface area contributed by atoms with Crippen LogP contribution in [0.15, 0.2) is 0 Å². The van der Waals surface area contributed by atoms with Gasteiger partial charge < -0.3 is 34.0 Å². The van der Waals surface area contributed by atoms with Crippen LogP contribution in [0.5, 0.6) is 0 Å². The molecule has 0 aliphatic carbocycles. The van der Waals surface area contributed by atoms with E-state index in [1.54, 1.807) is 0 Å². The van der Waals surface area contributed by atoms with Gasteiger partial charge in [-0.05, 0) is 0 Å². The van der Waals surface area contributed by atoms with Gasteiger partial charge in [0.15, 0.2) is 0 Å². The Morgan fingerprint density at radius 2 is 1.00 bits per heavy atom. The van der Waals surface area contributed by atoms with Crippen LogP contribution in [0.3, 0.4) is 0 Å². The second-order valence-corrected chi connectivity index (χ2v) is 1.54. The summed E-state index contributed by atoms with van der Waals surface area (Å²) in [5.74, 6) is 0. The molecular formula is H11MgO7P. The van der Waals surface area contributed by atoms with Crippen LogP contribution < -0.4 is 0 Å². The summed E-state index contributed by atoms with van der Waals surface area (Å²) in [5, 5.41) is 0. The molecule has 0 radical (unpaired) electrons. The van der Waals surface area contributed by atoms with Crippen molar-refractivity contribution in [3.63, 3.8) is 0 Å². The number of hydrogen-bond donors (Lipinski definition) is 3. The van der Waals surface area contributed by atoms with E-state index in [9.17, 15) is 0 Å². The Bertz CT molecular complexity index is 62.6. The Labute approximate surface area is 70.0 Å². The molecule has 0 saturated carbocycles. The van der Waals surface area contributed by atoms with Gasteiger partial charge in [0, 0.05) is 0 Å². The summed E-state index contributed by atoms with van der Waals surface area (Å²) in [6.07, 6.45) is 0. The van der Waals surface area contributed by atoms with Crippen LogP contribution in [-0.4, -0.2) is 54.2 Å². The molecule has 9 heavy (non-hydrogen) atoms. The van der Waals surface area contributed by atoms with Crippen LogP contribution in [0, 0.1) is 0 Å². The van der Waals surface area contributed by atoms with Crippen LogP contribution in [-0.2, 0) is 4.57 Å². The first-order chi connectivity index (χ1) is 2.00. The minimum absolute atomic E-state index is 0. The van der Waals surface area contributed by atoms with Crippen molar-refractivity contribution in [1.29, 1.82) is 0 Å². The van der Waals surface area contributed by atoms with E-state index in [4.69, 9.17) is 19.2 Å². The van der Waals surface area contributed by atoms with Gasteiger partial charge in [0.1, 0.15) is 0 Å². The molecular weight excluding hydrogens is 167 g/mol. The molecule has 0 aromatic heterocycles. The molecule has 9 N–H and O–H groups in total. The first-order valence-corrected chi connectivity index (χ1v) is 2.35. The molecule has 0 atom stereocenters. The molecule has 9 heteroatoms. The van der Waals surface area contributed by atoms with Crippen molar-refractivity contribution in [3.8, 4) is 0 Å². The van der Waals surface area contributed by atoms with Gasteiger partial charge in [0.25, 0.3) is 0 Å². The van der Waals surface area contributed by atoms with Gasteiger partial charge >= 0.3 is 30.9 Å². The maximum absolute atomic E-state index is 8.88. The summed E-state index contributed by atoms with van der Waals surface area (Å²) in [7, 11) is -4.64. The van der Waals surface area contributed by atoms with E-state index in [0.717, 1.165) is 0 Å². The van der Waals surface area contributed by atoms with Gasteiger partial charge in [-0.15, -0.1) is 0 Å². The quantitative estimate of drug-likeness (QED) is 0.257. The van der Waals surface area contributed by atoms with Crippen LogP contribution in [0.25, 0.3) is 0 Å². The molecule has 0 aliphatic rings. The Morgan fingerprint density at radius 1 is 1.00 bits per heavy atom. The maximum atomic E-state index is 8.88. The maximum Gasteiger partial charge on any atom is 2.00 e. The van der Waals surface area contributed by atoms with E-state index in [0.29, 0.717) is 0 Å². The summed E-state index contributed by atoms with van der Waals surface area (Å²) in [6.45, 7) is 0. The fourth-order valence-electron chi connectivity index (χ4n) is 0. The predicted octanol–water partition coefficient (Wildman–Crippen LogP) is -3.56. The average molecular weight is 178 g/mol. The van der Waals surface area contributed by atoms with Gasteiger partial charge in [-0.1, -0.05) is 0 Å². The molecule has 0 spiro atoms. The molecule has 60 valence electrons. The largest absolute Gasteiger partial charge is 2.00 e. The standard InChI is InChI=1S/Mg.H3O4P.3H2O.2H/c;1-5(2,3)4;;;;;/h;(H3,1,2,3,4);3*1H2;;/q+2;;;;;2*-1. The normalized spacial score (nSPS) is 6.56. The molecule has 0 fully saturated rings. The van der Waals surface area contributed by atoms with E-state index < -0.39 is 7.82 Å². The molecule has 0 saturated heterocycles. The van der Waals surface area contributed by atoms with E-state index in [1.807, 2.05) is 0 Å². The van der Waals surface area contributed by atoms with Crippen molar-refractivity contribution in [3.05, 3.63) is 0 Å². The summed E-state index contributed by atoms with van der Waals surface area (Å²) >= 11 is 0. The summed E-state index contributed by atoms with van der Waals surface area (Å²) in [5.41, 5.74) is 0. The number of rotatable bonds is 0. The number of phosphoric acid groups is 1. The van der Waals surface area contributed by atoms with E-state index in [2.05, 4.69) is 0 Å². The number of hydrogen-bond acceptors (Lipinski definition) is 1. The molecule has 7 nitrogen and oxygen atoms in total. The second-order valence-electron chi connectivity index (χ2n) is 0.513. The molecule has 0 amide bonds. The van der Waals surface area contributed by atoms with E-state index >= 15 is 0 Å². The Hall–Kier alpha value is 0.756. The van der Waals surface area contributed by atoms with Gasteiger partial charge in [-0.2, -0.15) is 0 Å². The van der Waals surface area contributed by atoms with Gasteiger partial charge in [0.2, 0.25) is 0 Å². The van der Waals surface area contributed by atoms with Crippen molar-refractivity contribution in [1.82, 2.24) is 0 Å². The zero-order valence-electron chi connectivity index (χ0n) is 6.40. The zero-order chi connectivity index (χ0) is 4.50. The van der Waals surface area contributed by atoms with Gasteiger partial charge in [-0.25, -0.2) is 4.57 Å². The third kappa shape index (κ3) is 699. The third-order valence-electron chi connectivity index (χ3n) is 0. The third-order valence-corrected chi connectivity index (χ3v) is 0. The first kappa shape index (κ1) is 33.1. The zero-order valence-corrected chi connectivity index (χ0v) is 6.71. The SMILES string of the molecule is O.O.O.O=P(O)(O)O.[H-].[H-].[Mg+2]. The van der Waals surface area contributed by atoms with Crippen LogP contribution in [0.2, 0.25) is 0 Å². The minimum atomic E-state index is -4.64. The van der Waals surface area contributed by atoms with Crippen LogP contribution in [0.1, 0.15) is 2.85 Å². The summed E-state index contributed by atoms with van der Waals surface area (Å²) < 4.78 is 8.88. The Balaban J connectivity index is -0.00000000533. The molecule has 0 bridgehead atoms. The van der Waals surface area contributed by atoms with E-state index in [-0.39, 0.29) is 42.3 Å². The van der Waals surface area contributed by atoms with Crippen molar-refractivity contribution >= 4 is 30.9 Å². The van der Waals surface area contributed by atoms with Gasteiger partial charge in [-0.3, -0.25) is 0 Å². The monoisotopic (exact) mass is 178 g/mol. The van der Waals surface area contributed by atoms with Crippen molar-refractivity contribution in [2.45, 2.75) is 0 Å². The average Bonchev–Trinajstić information content (AvgIpc) is 0.722. The fraction of sp³-hybridized carbons (Fsp3) is 0. The van der Waals surface area contributed by atoms with Crippen molar-refractivity contribution in [2.75, 3.05) is 0 Å². The summed E-state index contributed by atoms with van der Waals surface area (Å²) in [4.78, 5) is 21.6. The Kier molecular flexibility index (Phi) is 42.4. The molecule has 0 rings (SSSR count). The van der Waals surface area contributed by atoms with E-state index in [1.165, 1.54) is 0 Å². The topological polar surface area (TPSA) is 172 Å². The predicted molar refractivity (Wildman–Crippen MR) is 33.1 cm³/mol. The summed E-state index contributed by atoms with van der Waals surface area (Å²) in [6, 6.07) is 0. The molecule has 0 aliphatic heterocycles. The van der Waals surface area contributed by atoms with Crippen molar-refractivity contribution in [2.24, 2.45) is 0 Å². The molecule has 0 heterocycles. The second kappa shape index (κ2) is 11.5.